The molecule has 1 heterocycles. The van der Waals surface area contributed by atoms with Crippen molar-refractivity contribution in [2.75, 3.05) is 24.6 Å². The molecule has 0 saturated carbocycles. The van der Waals surface area contributed by atoms with Gasteiger partial charge >= 0.3 is 0 Å². The summed E-state index contributed by atoms with van der Waals surface area (Å²) in [5, 5.41) is 9.62. The van der Waals surface area contributed by atoms with E-state index < -0.39 is 10.0 Å². The Morgan fingerprint density at radius 2 is 2.22 bits per heavy atom. The zero-order valence-corrected chi connectivity index (χ0v) is 11.7. The molecule has 1 aromatic carbocycles. The molecule has 1 atom stereocenters. The van der Waals surface area contributed by atoms with Crippen LogP contribution in [0.2, 0.25) is 0 Å². The van der Waals surface area contributed by atoms with Crippen molar-refractivity contribution in [3.05, 3.63) is 18.2 Å². The molecular weight excluding hydrogens is 272 g/mol. The SMILES string of the molecule is CC1CN(S(=O)(=O)c2ccc(O)c(N)c2)CCS1. The number of aromatic hydroxyl groups is 1. The molecule has 1 saturated heterocycles. The fourth-order valence-corrected chi connectivity index (χ4v) is 4.64. The van der Waals surface area contributed by atoms with E-state index >= 15 is 0 Å². The van der Waals surface area contributed by atoms with Crippen LogP contribution in [0, 0.1) is 0 Å². The minimum Gasteiger partial charge on any atom is -0.506 e. The van der Waals surface area contributed by atoms with E-state index in [2.05, 4.69) is 0 Å². The summed E-state index contributed by atoms with van der Waals surface area (Å²) in [6.07, 6.45) is 0. The second-order valence-electron chi connectivity index (χ2n) is 4.27. The number of phenolic OH excluding ortho intramolecular Hbond substituents is 1. The number of benzene rings is 1. The van der Waals surface area contributed by atoms with Crippen molar-refractivity contribution in [2.24, 2.45) is 0 Å². The van der Waals surface area contributed by atoms with E-state index in [9.17, 15) is 13.5 Å². The summed E-state index contributed by atoms with van der Waals surface area (Å²) in [5.41, 5.74) is 5.62. The molecule has 0 aromatic heterocycles. The normalized spacial score (nSPS) is 21.9. The molecule has 1 aliphatic rings. The number of nitrogens with zero attached hydrogens (tertiary/aromatic N) is 1. The molecule has 1 fully saturated rings. The molecule has 0 bridgehead atoms. The summed E-state index contributed by atoms with van der Waals surface area (Å²) in [6, 6.07) is 3.99. The molecule has 1 aromatic rings. The molecule has 5 nitrogen and oxygen atoms in total. The number of hydrogen-bond donors (Lipinski definition) is 2. The smallest absolute Gasteiger partial charge is 0.243 e. The zero-order chi connectivity index (χ0) is 13.3. The van der Waals surface area contributed by atoms with Gasteiger partial charge in [0.2, 0.25) is 10.0 Å². The Morgan fingerprint density at radius 1 is 1.50 bits per heavy atom. The molecule has 0 radical (unpaired) electrons. The van der Waals surface area contributed by atoms with Crippen LogP contribution in [0.4, 0.5) is 5.69 Å². The van der Waals surface area contributed by atoms with Gasteiger partial charge in [-0.3, -0.25) is 0 Å². The number of hydrogen-bond acceptors (Lipinski definition) is 5. The third-order valence-electron chi connectivity index (χ3n) is 2.84. The van der Waals surface area contributed by atoms with Crippen molar-refractivity contribution >= 4 is 27.5 Å². The van der Waals surface area contributed by atoms with E-state index in [-0.39, 0.29) is 16.3 Å². The average Bonchev–Trinajstić information content (AvgIpc) is 2.32. The Bertz CT molecular complexity index is 545. The molecule has 100 valence electrons. The molecule has 18 heavy (non-hydrogen) atoms. The summed E-state index contributed by atoms with van der Waals surface area (Å²) in [5.74, 6) is 0.699. The summed E-state index contributed by atoms with van der Waals surface area (Å²) in [6.45, 7) is 3.03. The summed E-state index contributed by atoms with van der Waals surface area (Å²) in [4.78, 5) is 0.136. The molecule has 3 N–H and O–H groups in total. The van der Waals surface area contributed by atoms with Crippen LogP contribution in [0.5, 0.6) is 5.75 Å². The lowest BCUT2D eigenvalue weighted by Crippen LogP contribution is -2.40. The van der Waals surface area contributed by atoms with E-state index in [0.717, 1.165) is 5.75 Å². The van der Waals surface area contributed by atoms with Gasteiger partial charge in [0, 0.05) is 24.1 Å². The van der Waals surface area contributed by atoms with E-state index in [1.54, 1.807) is 11.8 Å². The third-order valence-corrected chi connectivity index (χ3v) is 5.84. The standard InChI is InChI=1S/C11H16N2O3S2/c1-8-7-13(4-5-17-8)18(15,16)9-2-3-11(14)10(12)6-9/h2-3,6,8,14H,4-5,7,12H2,1H3. The predicted molar refractivity (Wildman–Crippen MR) is 73.2 cm³/mol. The van der Waals surface area contributed by atoms with Crippen LogP contribution < -0.4 is 5.73 Å². The van der Waals surface area contributed by atoms with E-state index in [1.807, 2.05) is 6.92 Å². The van der Waals surface area contributed by atoms with Crippen molar-refractivity contribution in [3.8, 4) is 5.75 Å². The van der Waals surface area contributed by atoms with Crippen LogP contribution in [0.1, 0.15) is 6.92 Å². The van der Waals surface area contributed by atoms with Crippen LogP contribution >= 0.6 is 11.8 Å². The van der Waals surface area contributed by atoms with Crippen molar-refractivity contribution in [1.82, 2.24) is 4.31 Å². The largest absolute Gasteiger partial charge is 0.506 e. The van der Waals surface area contributed by atoms with Crippen LogP contribution in [-0.2, 0) is 10.0 Å². The van der Waals surface area contributed by atoms with Gasteiger partial charge < -0.3 is 10.8 Å². The first-order chi connectivity index (χ1) is 8.41. The van der Waals surface area contributed by atoms with Gasteiger partial charge in [0.05, 0.1) is 10.6 Å². The lowest BCUT2D eigenvalue weighted by Gasteiger charge is -2.29. The van der Waals surface area contributed by atoms with Crippen LogP contribution in [0.25, 0.3) is 0 Å². The Morgan fingerprint density at radius 3 is 2.83 bits per heavy atom. The Hall–Kier alpha value is -0.920. The highest BCUT2D eigenvalue weighted by molar-refractivity contribution is 8.00. The fourth-order valence-electron chi connectivity index (χ4n) is 1.85. The first-order valence-electron chi connectivity index (χ1n) is 5.61. The van der Waals surface area contributed by atoms with Crippen molar-refractivity contribution < 1.29 is 13.5 Å². The average molecular weight is 288 g/mol. The molecule has 7 heteroatoms. The van der Waals surface area contributed by atoms with Gasteiger partial charge in [-0.15, -0.1) is 0 Å². The third kappa shape index (κ3) is 2.57. The number of sulfonamides is 1. The molecule has 0 amide bonds. The highest BCUT2D eigenvalue weighted by Gasteiger charge is 2.29. The van der Waals surface area contributed by atoms with Gasteiger partial charge in [-0.2, -0.15) is 16.1 Å². The number of thioether (sulfide) groups is 1. The second kappa shape index (κ2) is 4.99. The topological polar surface area (TPSA) is 83.6 Å². The van der Waals surface area contributed by atoms with E-state index in [4.69, 9.17) is 5.73 Å². The predicted octanol–water partition coefficient (Wildman–Crippen LogP) is 1.10. The molecule has 2 rings (SSSR count). The fraction of sp³-hybridized carbons (Fsp3) is 0.455. The lowest BCUT2D eigenvalue weighted by atomic mass is 10.3. The first kappa shape index (κ1) is 13.5. The molecule has 0 aliphatic carbocycles. The maximum atomic E-state index is 12.4. The summed E-state index contributed by atoms with van der Waals surface area (Å²) >= 11 is 1.77. The van der Waals surface area contributed by atoms with Gasteiger partial charge in [-0.25, -0.2) is 8.42 Å². The number of anilines is 1. The number of phenols is 1. The number of nitrogen functional groups attached to an aromatic ring is 1. The minimum atomic E-state index is -3.51. The Labute approximate surface area is 111 Å². The highest BCUT2D eigenvalue weighted by Crippen LogP contribution is 2.28. The van der Waals surface area contributed by atoms with Gasteiger partial charge in [0.25, 0.3) is 0 Å². The van der Waals surface area contributed by atoms with Crippen LogP contribution in [0.3, 0.4) is 0 Å². The lowest BCUT2D eigenvalue weighted by molar-refractivity contribution is 0.424. The highest BCUT2D eigenvalue weighted by atomic mass is 32.2. The number of rotatable bonds is 2. The molecule has 1 unspecified atom stereocenters. The van der Waals surface area contributed by atoms with Crippen LogP contribution in [-0.4, -0.2) is 41.9 Å². The maximum absolute atomic E-state index is 12.4. The molecular formula is C11H16N2O3S2. The van der Waals surface area contributed by atoms with Gasteiger partial charge in [-0.1, -0.05) is 6.92 Å². The first-order valence-corrected chi connectivity index (χ1v) is 8.10. The maximum Gasteiger partial charge on any atom is 0.243 e. The Balaban J connectivity index is 2.32. The number of nitrogens with two attached hydrogens (primary N) is 1. The summed E-state index contributed by atoms with van der Waals surface area (Å²) < 4.78 is 26.2. The van der Waals surface area contributed by atoms with E-state index in [0.29, 0.717) is 18.3 Å². The summed E-state index contributed by atoms with van der Waals surface area (Å²) in [7, 11) is -3.51. The monoisotopic (exact) mass is 288 g/mol. The quantitative estimate of drug-likeness (QED) is 0.629. The van der Waals surface area contributed by atoms with Crippen LogP contribution in [0.15, 0.2) is 23.1 Å². The van der Waals surface area contributed by atoms with Gasteiger partial charge in [0.15, 0.2) is 0 Å². The Kier molecular flexibility index (Phi) is 3.74. The second-order valence-corrected chi connectivity index (χ2v) is 7.75. The van der Waals surface area contributed by atoms with E-state index in [1.165, 1.54) is 22.5 Å². The van der Waals surface area contributed by atoms with Crippen molar-refractivity contribution in [1.29, 1.82) is 0 Å². The molecule has 1 aliphatic heterocycles. The van der Waals surface area contributed by atoms with Crippen molar-refractivity contribution in [2.45, 2.75) is 17.1 Å². The minimum absolute atomic E-state index is 0.0792. The van der Waals surface area contributed by atoms with Gasteiger partial charge in [-0.05, 0) is 18.2 Å². The van der Waals surface area contributed by atoms with Crippen molar-refractivity contribution in [3.63, 3.8) is 0 Å². The van der Waals surface area contributed by atoms with Gasteiger partial charge in [0.1, 0.15) is 5.75 Å². The molecule has 0 spiro atoms. The zero-order valence-electron chi connectivity index (χ0n) is 10.0.